The van der Waals surface area contributed by atoms with Crippen molar-refractivity contribution in [3.05, 3.63) is 41.4 Å². The largest absolute Gasteiger partial charge is 0.493 e. The molecule has 1 heterocycles. The van der Waals surface area contributed by atoms with Gasteiger partial charge in [-0.15, -0.1) is 0 Å². The van der Waals surface area contributed by atoms with Gasteiger partial charge in [0.15, 0.2) is 16.9 Å². The van der Waals surface area contributed by atoms with Crippen LogP contribution in [0.5, 0.6) is 11.5 Å². The molecule has 0 atom stereocenters. The maximum absolute atomic E-state index is 6.12. The van der Waals surface area contributed by atoms with Crippen molar-refractivity contribution in [3.63, 3.8) is 0 Å². The second-order valence-corrected chi connectivity index (χ2v) is 5.98. The Morgan fingerprint density at radius 2 is 2.05 bits per heavy atom. The number of alkyl halides is 1. The van der Waals surface area contributed by atoms with E-state index in [0.29, 0.717) is 16.5 Å². The smallest absolute Gasteiger partial charge is 0.188 e. The second kappa shape index (κ2) is 6.60. The minimum Gasteiger partial charge on any atom is -0.493 e. The van der Waals surface area contributed by atoms with Crippen LogP contribution in [0.2, 0.25) is 5.02 Å². The molecule has 0 spiro atoms. The van der Waals surface area contributed by atoms with Crippen LogP contribution in [0.25, 0.3) is 10.2 Å². The van der Waals surface area contributed by atoms with Gasteiger partial charge in [-0.05, 0) is 24.3 Å². The Bertz CT molecular complexity index is 807. The molecule has 2 aromatic carbocycles. The van der Waals surface area contributed by atoms with Crippen LogP contribution in [-0.4, -0.2) is 18.2 Å². The first-order valence-corrected chi connectivity index (χ1v) is 8.13. The summed E-state index contributed by atoms with van der Waals surface area (Å²) in [5, 5.41) is 4.51. The van der Waals surface area contributed by atoms with E-state index in [1.807, 2.05) is 30.3 Å². The molecule has 3 aromatic rings. The Kier molecular flexibility index (Phi) is 4.57. The summed E-state index contributed by atoms with van der Waals surface area (Å²) in [5.41, 5.74) is 1.53. The molecule has 0 aliphatic heterocycles. The van der Waals surface area contributed by atoms with Crippen LogP contribution in [0.15, 0.2) is 36.4 Å². The van der Waals surface area contributed by atoms with Gasteiger partial charge in [0, 0.05) is 0 Å². The first-order valence-electron chi connectivity index (χ1n) is 6.40. The van der Waals surface area contributed by atoms with Gasteiger partial charge in [0.25, 0.3) is 0 Å². The van der Waals surface area contributed by atoms with Crippen LogP contribution >= 0.6 is 34.5 Å². The standard InChI is InChI=1S/C15H12Cl2N2O2S/c1-20-14-9(17)6-7-12-13(14)19-15(22-12)18-10-4-2-3-5-11(10)21-8-16/h2-7H,8H2,1H3,(H,18,19). The Labute approximate surface area is 141 Å². The number of nitrogens with one attached hydrogen (secondary N) is 1. The molecule has 1 N–H and O–H groups in total. The third kappa shape index (κ3) is 2.92. The number of hydrogen-bond acceptors (Lipinski definition) is 5. The number of halogens is 2. The average Bonchev–Trinajstić information content (AvgIpc) is 2.92. The molecule has 22 heavy (non-hydrogen) atoms. The quantitative estimate of drug-likeness (QED) is 0.633. The summed E-state index contributed by atoms with van der Waals surface area (Å²) in [6.07, 6.45) is 0. The molecule has 0 bridgehead atoms. The zero-order valence-corrected chi connectivity index (χ0v) is 13.9. The lowest BCUT2D eigenvalue weighted by Crippen LogP contribution is -1.96. The Morgan fingerprint density at radius 3 is 2.82 bits per heavy atom. The van der Waals surface area contributed by atoms with Crippen LogP contribution in [0.4, 0.5) is 10.8 Å². The van der Waals surface area contributed by atoms with Crippen LogP contribution in [-0.2, 0) is 0 Å². The SMILES string of the molecule is COc1c(Cl)ccc2sc(Nc3ccccc3OCCl)nc12. The van der Waals surface area contributed by atoms with Gasteiger partial charge in [-0.3, -0.25) is 0 Å². The number of methoxy groups -OCH3 is 1. The predicted octanol–water partition coefficient (Wildman–Crippen LogP) is 5.28. The molecule has 0 fully saturated rings. The van der Waals surface area contributed by atoms with Crippen LogP contribution in [0.3, 0.4) is 0 Å². The van der Waals surface area contributed by atoms with Crippen molar-refractivity contribution in [1.29, 1.82) is 0 Å². The molecule has 0 amide bonds. The summed E-state index contributed by atoms with van der Waals surface area (Å²) < 4.78 is 11.7. The van der Waals surface area contributed by atoms with Gasteiger partial charge in [0.2, 0.25) is 0 Å². The number of nitrogens with zero attached hydrogens (tertiary/aromatic N) is 1. The summed E-state index contributed by atoms with van der Waals surface area (Å²) in [6.45, 7) is 0. The topological polar surface area (TPSA) is 43.4 Å². The summed E-state index contributed by atoms with van der Waals surface area (Å²) in [5.74, 6) is 1.25. The number of fused-ring (bicyclic) bond motifs is 1. The van der Waals surface area contributed by atoms with E-state index < -0.39 is 0 Å². The molecule has 0 saturated heterocycles. The zero-order chi connectivity index (χ0) is 15.5. The summed E-state index contributed by atoms with van der Waals surface area (Å²) in [6, 6.07) is 11.3. The van der Waals surface area contributed by atoms with E-state index >= 15 is 0 Å². The van der Waals surface area contributed by atoms with E-state index in [9.17, 15) is 0 Å². The van der Waals surface area contributed by atoms with Crippen molar-refractivity contribution in [2.45, 2.75) is 0 Å². The second-order valence-electron chi connectivity index (χ2n) is 4.32. The Morgan fingerprint density at radius 1 is 1.23 bits per heavy atom. The first-order chi connectivity index (χ1) is 10.7. The average molecular weight is 355 g/mol. The van der Waals surface area contributed by atoms with E-state index in [4.69, 9.17) is 32.7 Å². The van der Waals surface area contributed by atoms with Crippen LogP contribution in [0, 0.1) is 0 Å². The lowest BCUT2D eigenvalue weighted by molar-refractivity contribution is 0.390. The fraction of sp³-hybridized carbons (Fsp3) is 0.133. The zero-order valence-electron chi connectivity index (χ0n) is 11.6. The van der Waals surface area contributed by atoms with Gasteiger partial charge in [0.1, 0.15) is 11.3 Å². The van der Waals surface area contributed by atoms with E-state index in [1.165, 1.54) is 11.3 Å². The highest BCUT2D eigenvalue weighted by atomic mass is 35.5. The number of hydrogen-bond donors (Lipinski definition) is 1. The maximum Gasteiger partial charge on any atom is 0.188 e. The van der Waals surface area contributed by atoms with E-state index in [2.05, 4.69) is 10.3 Å². The third-order valence-corrected chi connectivity index (χ3v) is 4.35. The molecule has 3 rings (SSSR count). The molecule has 0 saturated carbocycles. The Hall–Kier alpha value is -1.69. The van der Waals surface area contributed by atoms with Crippen molar-refractivity contribution in [2.75, 3.05) is 18.5 Å². The minimum atomic E-state index is 0.0853. The molecule has 0 aliphatic rings. The highest BCUT2D eigenvalue weighted by Gasteiger charge is 2.13. The number of aromatic nitrogens is 1. The van der Waals surface area contributed by atoms with E-state index in [0.717, 1.165) is 21.0 Å². The van der Waals surface area contributed by atoms with Gasteiger partial charge < -0.3 is 14.8 Å². The van der Waals surface area contributed by atoms with Gasteiger partial charge >= 0.3 is 0 Å². The van der Waals surface area contributed by atoms with E-state index in [1.54, 1.807) is 13.2 Å². The molecule has 0 unspecified atom stereocenters. The number of rotatable bonds is 5. The number of anilines is 2. The normalized spacial score (nSPS) is 10.7. The Balaban J connectivity index is 1.98. The van der Waals surface area contributed by atoms with Crippen molar-refractivity contribution in [3.8, 4) is 11.5 Å². The molecule has 1 aromatic heterocycles. The number of ether oxygens (including phenoxy) is 2. The molecule has 4 nitrogen and oxygen atoms in total. The number of thiazole rings is 1. The first kappa shape index (κ1) is 15.2. The molecule has 114 valence electrons. The molecular weight excluding hydrogens is 343 g/mol. The summed E-state index contributed by atoms with van der Waals surface area (Å²) >= 11 is 13.3. The van der Waals surface area contributed by atoms with Crippen molar-refractivity contribution >= 4 is 55.6 Å². The number of para-hydroxylation sites is 2. The predicted molar refractivity (Wildman–Crippen MR) is 92.3 cm³/mol. The molecular formula is C15H12Cl2N2O2S. The van der Waals surface area contributed by atoms with Gasteiger partial charge in [0.05, 0.1) is 22.5 Å². The van der Waals surface area contributed by atoms with Gasteiger partial charge in [-0.2, -0.15) is 0 Å². The monoisotopic (exact) mass is 354 g/mol. The lowest BCUT2D eigenvalue weighted by atomic mass is 10.3. The lowest BCUT2D eigenvalue weighted by Gasteiger charge is -2.09. The molecule has 0 aliphatic carbocycles. The van der Waals surface area contributed by atoms with Crippen molar-refractivity contribution < 1.29 is 9.47 Å². The van der Waals surface area contributed by atoms with Crippen LogP contribution < -0.4 is 14.8 Å². The van der Waals surface area contributed by atoms with Gasteiger partial charge in [-0.25, -0.2) is 4.98 Å². The van der Waals surface area contributed by atoms with Crippen molar-refractivity contribution in [2.24, 2.45) is 0 Å². The molecule has 7 heteroatoms. The van der Waals surface area contributed by atoms with E-state index in [-0.39, 0.29) is 6.07 Å². The third-order valence-electron chi connectivity index (χ3n) is 3.01. The minimum absolute atomic E-state index is 0.0853. The summed E-state index contributed by atoms with van der Waals surface area (Å²) in [7, 11) is 1.58. The molecule has 0 radical (unpaired) electrons. The highest BCUT2D eigenvalue weighted by molar-refractivity contribution is 7.22. The highest BCUT2D eigenvalue weighted by Crippen LogP contribution is 2.39. The van der Waals surface area contributed by atoms with Crippen LogP contribution in [0.1, 0.15) is 0 Å². The maximum atomic E-state index is 6.12. The summed E-state index contributed by atoms with van der Waals surface area (Å²) in [4.78, 5) is 4.55. The van der Waals surface area contributed by atoms with Gasteiger partial charge in [-0.1, -0.05) is 46.7 Å². The van der Waals surface area contributed by atoms with Crippen molar-refractivity contribution in [1.82, 2.24) is 4.98 Å². The fourth-order valence-electron chi connectivity index (χ4n) is 2.06. The fourth-order valence-corrected chi connectivity index (χ4v) is 3.29. The number of benzene rings is 2.